The zero-order valence-electron chi connectivity index (χ0n) is 20.2. The van der Waals surface area contributed by atoms with E-state index in [4.69, 9.17) is 4.74 Å². The van der Waals surface area contributed by atoms with E-state index in [9.17, 15) is 14.9 Å². The second kappa shape index (κ2) is 8.08. The van der Waals surface area contributed by atoms with E-state index in [-0.39, 0.29) is 11.5 Å². The minimum atomic E-state index is -0.872. The summed E-state index contributed by atoms with van der Waals surface area (Å²) in [6.07, 6.45) is 3.42. The standard InChI is InChI=1S/C27H29BrN2O4/c1-25(2,3)19-14-27(15-20(23(19)31)26(4,5)6)24(16-7-10-18(11-8-16)30(32)33)34-22-12-9-17(28)13-21(22)29-27/h7-15,24,29H,1-6H3/t24-/m1/s1. The molecule has 0 saturated heterocycles. The van der Waals surface area contributed by atoms with Crippen LogP contribution in [0.5, 0.6) is 5.75 Å². The molecule has 2 aromatic carbocycles. The fraction of sp³-hybridized carbons (Fsp3) is 0.370. The third-order valence-corrected chi connectivity index (χ3v) is 6.74. The SMILES string of the molecule is CC(C)(C)C1=CC2(C=C(C(C)(C)C)C1=O)Nc1cc(Br)ccc1O[C@@H]2c1ccc([N+](=O)[O-])cc1. The number of nitrogens with one attached hydrogen (secondary N) is 1. The van der Waals surface area contributed by atoms with Crippen molar-refractivity contribution in [3.05, 3.63) is 85.9 Å². The van der Waals surface area contributed by atoms with Crippen LogP contribution in [0.25, 0.3) is 0 Å². The number of nitro benzene ring substituents is 1. The summed E-state index contributed by atoms with van der Waals surface area (Å²) in [6.45, 7) is 12.2. The molecule has 0 bridgehead atoms. The lowest BCUT2D eigenvalue weighted by atomic mass is 9.67. The van der Waals surface area contributed by atoms with Gasteiger partial charge in [-0.15, -0.1) is 0 Å². The molecule has 0 unspecified atom stereocenters. The first-order chi connectivity index (χ1) is 15.7. The Morgan fingerprint density at radius 2 is 1.53 bits per heavy atom. The number of benzene rings is 2. The largest absolute Gasteiger partial charge is 0.480 e. The van der Waals surface area contributed by atoms with E-state index < -0.39 is 27.4 Å². The number of halogens is 1. The Labute approximate surface area is 208 Å². The molecule has 1 spiro atoms. The van der Waals surface area contributed by atoms with Crippen LogP contribution in [0.2, 0.25) is 0 Å². The number of nitrogens with zero attached hydrogens (tertiary/aromatic N) is 1. The fourth-order valence-electron chi connectivity index (χ4n) is 4.47. The summed E-state index contributed by atoms with van der Waals surface area (Å²) in [6, 6.07) is 12.2. The summed E-state index contributed by atoms with van der Waals surface area (Å²) in [7, 11) is 0. The lowest BCUT2D eigenvalue weighted by Gasteiger charge is -2.47. The number of carbonyl (C=O) groups excluding carboxylic acids is 1. The molecule has 1 aliphatic heterocycles. The number of fused-ring (bicyclic) bond motifs is 1. The van der Waals surface area contributed by atoms with E-state index >= 15 is 0 Å². The van der Waals surface area contributed by atoms with Gasteiger partial charge in [0, 0.05) is 27.8 Å². The van der Waals surface area contributed by atoms with Crippen LogP contribution in [0.3, 0.4) is 0 Å². The third-order valence-electron chi connectivity index (χ3n) is 6.25. The van der Waals surface area contributed by atoms with Gasteiger partial charge in [-0.2, -0.15) is 0 Å². The maximum atomic E-state index is 13.6. The number of hydrogen-bond acceptors (Lipinski definition) is 5. The minimum Gasteiger partial charge on any atom is -0.480 e. The van der Waals surface area contributed by atoms with Crippen LogP contribution < -0.4 is 10.1 Å². The van der Waals surface area contributed by atoms with Gasteiger partial charge in [0.2, 0.25) is 0 Å². The maximum Gasteiger partial charge on any atom is 0.269 e. The smallest absolute Gasteiger partial charge is 0.269 e. The molecule has 0 saturated carbocycles. The Bertz CT molecular complexity index is 1200. The van der Waals surface area contributed by atoms with E-state index in [1.54, 1.807) is 12.1 Å². The van der Waals surface area contributed by atoms with Crippen molar-refractivity contribution >= 4 is 33.1 Å². The van der Waals surface area contributed by atoms with E-state index in [1.807, 2.05) is 71.9 Å². The molecule has 2 aromatic rings. The van der Waals surface area contributed by atoms with Crippen molar-refractivity contribution in [3.8, 4) is 5.75 Å². The highest BCUT2D eigenvalue weighted by molar-refractivity contribution is 9.10. The van der Waals surface area contributed by atoms with Crippen LogP contribution in [0.15, 0.2) is 70.2 Å². The van der Waals surface area contributed by atoms with Gasteiger partial charge in [0.15, 0.2) is 11.9 Å². The van der Waals surface area contributed by atoms with Gasteiger partial charge < -0.3 is 10.1 Å². The number of hydrogen-bond donors (Lipinski definition) is 1. The monoisotopic (exact) mass is 524 g/mol. The average Bonchev–Trinajstić information content (AvgIpc) is 2.73. The second-order valence-electron chi connectivity index (χ2n) is 11.0. The molecule has 0 radical (unpaired) electrons. The normalized spacial score (nSPS) is 19.5. The molecular weight excluding hydrogens is 496 g/mol. The molecule has 34 heavy (non-hydrogen) atoms. The van der Waals surface area contributed by atoms with E-state index in [1.165, 1.54) is 12.1 Å². The quantitative estimate of drug-likeness (QED) is 0.332. The topological polar surface area (TPSA) is 81.5 Å². The van der Waals surface area contributed by atoms with Gasteiger partial charge in [0.25, 0.3) is 5.69 Å². The number of ether oxygens (including phenoxy) is 1. The predicted molar refractivity (Wildman–Crippen MR) is 137 cm³/mol. The third kappa shape index (κ3) is 4.29. The molecule has 4 rings (SSSR count). The van der Waals surface area contributed by atoms with E-state index in [0.717, 1.165) is 15.7 Å². The van der Waals surface area contributed by atoms with Crippen molar-refractivity contribution in [2.75, 3.05) is 5.32 Å². The minimum absolute atomic E-state index is 0.0153. The molecule has 1 aliphatic carbocycles. The molecule has 178 valence electrons. The van der Waals surface area contributed by atoms with Crippen molar-refractivity contribution in [2.45, 2.75) is 53.2 Å². The van der Waals surface area contributed by atoms with Crippen LogP contribution in [0, 0.1) is 20.9 Å². The summed E-state index contributed by atoms with van der Waals surface area (Å²) in [5, 5.41) is 14.9. The Hall–Kier alpha value is -2.93. The van der Waals surface area contributed by atoms with Gasteiger partial charge >= 0.3 is 0 Å². The molecule has 6 nitrogen and oxygen atoms in total. The zero-order valence-corrected chi connectivity index (χ0v) is 21.8. The number of anilines is 1. The number of carbonyl (C=O) groups is 1. The van der Waals surface area contributed by atoms with E-state index in [2.05, 4.69) is 21.2 Å². The Morgan fingerprint density at radius 3 is 2.03 bits per heavy atom. The van der Waals surface area contributed by atoms with Crippen molar-refractivity contribution in [1.29, 1.82) is 0 Å². The zero-order chi connectivity index (χ0) is 25.1. The highest BCUT2D eigenvalue weighted by Gasteiger charge is 2.49. The first kappa shape index (κ1) is 24.2. The first-order valence-corrected chi connectivity index (χ1v) is 12.0. The predicted octanol–water partition coefficient (Wildman–Crippen LogP) is 7.17. The second-order valence-corrected chi connectivity index (χ2v) is 11.9. The van der Waals surface area contributed by atoms with Gasteiger partial charge in [-0.05, 0) is 58.9 Å². The molecule has 0 amide bonds. The van der Waals surface area contributed by atoms with E-state index in [0.29, 0.717) is 16.9 Å². The Morgan fingerprint density at radius 1 is 0.971 bits per heavy atom. The first-order valence-electron chi connectivity index (χ1n) is 11.2. The molecule has 7 heteroatoms. The highest BCUT2D eigenvalue weighted by Crippen LogP contribution is 2.50. The van der Waals surface area contributed by atoms with Gasteiger partial charge in [0.1, 0.15) is 11.3 Å². The number of nitro groups is 1. The molecule has 1 atom stereocenters. The molecule has 1 N–H and O–H groups in total. The summed E-state index contributed by atoms with van der Waals surface area (Å²) in [5.74, 6) is 0.709. The molecular formula is C27H29BrN2O4. The lowest BCUT2D eigenvalue weighted by molar-refractivity contribution is -0.384. The number of allylic oxidation sites excluding steroid dienone is 2. The van der Waals surface area contributed by atoms with Crippen molar-refractivity contribution in [3.63, 3.8) is 0 Å². The van der Waals surface area contributed by atoms with Gasteiger partial charge in [0.05, 0.1) is 10.6 Å². The van der Waals surface area contributed by atoms with Gasteiger partial charge in [-0.1, -0.05) is 57.5 Å². The van der Waals surface area contributed by atoms with Crippen LogP contribution in [0.4, 0.5) is 11.4 Å². The molecule has 2 aliphatic rings. The van der Waals surface area contributed by atoms with Crippen molar-refractivity contribution in [1.82, 2.24) is 0 Å². The van der Waals surface area contributed by atoms with Crippen LogP contribution in [0.1, 0.15) is 53.2 Å². The maximum absolute atomic E-state index is 13.6. The number of rotatable bonds is 2. The lowest BCUT2D eigenvalue weighted by Crippen LogP contribution is -2.50. The highest BCUT2D eigenvalue weighted by atomic mass is 79.9. The van der Waals surface area contributed by atoms with Crippen LogP contribution in [-0.2, 0) is 4.79 Å². The number of Topliss-reactive ketones (excluding diaryl/α,β-unsaturated/α-hetero) is 1. The molecule has 1 heterocycles. The summed E-state index contributed by atoms with van der Waals surface area (Å²) < 4.78 is 7.47. The van der Waals surface area contributed by atoms with Gasteiger partial charge in [-0.25, -0.2) is 0 Å². The molecule has 0 fully saturated rings. The molecule has 0 aromatic heterocycles. The summed E-state index contributed by atoms with van der Waals surface area (Å²) >= 11 is 3.54. The summed E-state index contributed by atoms with van der Waals surface area (Å²) in [5.41, 5.74) is 1.35. The Kier molecular flexibility index (Phi) is 5.75. The average molecular weight is 525 g/mol. The number of ketones is 1. The van der Waals surface area contributed by atoms with Crippen molar-refractivity contribution < 1.29 is 14.5 Å². The Balaban J connectivity index is 1.99. The number of non-ortho nitro benzene ring substituents is 1. The van der Waals surface area contributed by atoms with Crippen LogP contribution in [-0.4, -0.2) is 16.2 Å². The fourth-order valence-corrected chi connectivity index (χ4v) is 4.83. The summed E-state index contributed by atoms with van der Waals surface area (Å²) in [4.78, 5) is 24.4. The van der Waals surface area contributed by atoms with Crippen molar-refractivity contribution in [2.24, 2.45) is 10.8 Å². The van der Waals surface area contributed by atoms with Crippen LogP contribution >= 0.6 is 15.9 Å². The van der Waals surface area contributed by atoms with Gasteiger partial charge in [-0.3, -0.25) is 14.9 Å².